The maximum absolute atomic E-state index is 12.6. The summed E-state index contributed by atoms with van der Waals surface area (Å²) in [4.78, 5) is 122. The van der Waals surface area contributed by atoms with Crippen LogP contribution in [0.1, 0.15) is 27.7 Å². The van der Waals surface area contributed by atoms with Crippen LogP contribution in [0.5, 0.6) is 0 Å². The number of hydrogen-bond donors (Lipinski definition) is 6. The quantitative estimate of drug-likeness (QED) is 0.0422. The molecule has 0 aromatic rings. The molecule has 0 aliphatic heterocycles. The van der Waals surface area contributed by atoms with Crippen molar-refractivity contribution in [2.45, 2.75) is 33.3 Å². The number of carbonyl (C=O) groups excluding carboxylic acids is 10. The number of amides is 8. The van der Waals surface area contributed by atoms with Crippen molar-refractivity contribution in [3.05, 3.63) is 0 Å². The molecule has 0 atom stereocenters. The molecular formula is C27H44N8O13. The molecule has 0 saturated heterocycles. The van der Waals surface area contributed by atoms with Gasteiger partial charge >= 0.3 is 18.0 Å². The number of hydrogen-bond acceptors (Lipinski definition) is 13. The molecule has 0 aliphatic carbocycles. The molecule has 0 rings (SSSR count). The smallest absolute Gasteiger partial charge is 0.408 e. The lowest BCUT2D eigenvalue weighted by atomic mass is 10.2. The molecule has 0 saturated carbocycles. The number of nitrogens with one attached hydrogen (secondary N) is 6. The first-order chi connectivity index (χ1) is 22.4. The predicted molar refractivity (Wildman–Crippen MR) is 162 cm³/mol. The van der Waals surface area contributed by atoms with E-state index in [1.807, 2.05) is 0 Å². The fourth-order valence-corrected chi connectivity index (χ4v) is 3.15. The maximum Gasteiger partial charge on any atom is 0.408 e. The van der Waals surface area contributed by atoms with Gasteiger partial charge in [-0.25, -0.2) is 4.79 Å². The Bertz CT molecular complexity index is 1200. The summed E-state index contributed by atoms with van der Waals surface area (Å²) < 4.78 is 14.0. The molecule has 0 aromatic carbocycles. The topological polar surface area (TPSA) is 277 Å². The summed E-state index contributed by atoms with van der Waals surface area (Å²) in [6.45, 7) is 1.27. The van der Waals surface area contributed by atoms with Gasteiger partial charge in [-0.05, 0) is 20.8 Å². The average Bonchev–Trinajstić information content (AvgIpc) is 3.00. The zero-order valence-corrected chi connectivity index (χ0v) is 27.8. The van der Waals surface area contributed by atoms with E-state index in [1.165, 1.54) is 6.92 Å². The molecular weight excluding hydrogens is 644 g/mol. The average molecular weight is 689 g/mol. The standard InChI is InChI=1S/C27H44N8O13/c1-17(36)28-7-8-29-20(39)13-34(15-24(43)46-5)22(41)11-31-18(37)9-30-21(40)14-35(16-25(44)47-6)23(42)12-32-19(38)10-33-26(45)48-27(2,3)4/h7-16H2,1-6H3,(H,28,36)(H,29,39)(H,30,40)(H,31,37)(H,32,38)(H,33,45). The maximum atomic E-state index is 12.6. The van der Waals surface area contributed by atoms with Gasteiger partial charge in [0.15, 0.2) is 0 Å². The summed E-state index contributed by atoms with van der Waals surface area (Å²) in [5.74, 6) is -6.91. The zero-order valence-electron chi connectivity index (χ0n) is 27.8. The van der Waals surface area contributed by atoms with Crippen LogP contribution < -0.4 is 31.9 Å². The Kier molecular flexibility index (Phi) is 19.6. The van der Waals surface area contributed by atoms with Crippen molar-refractivity contribution in [3.63, 3.8) is 0 Å². The minimum Gasteiger partial charge on any atom is -0.468 e. The first kappa shape index (κ1) is 42.5. The van der Waals surface area contributed by atoms with Gasteiger partial charge in [0.25, 0.3) is 0 Å². The molecule has 0 fully saturated rings. The Hall–Kier alpha value is -5.50. The molecule has 0 radical (unpaired) electrons. The van der Waals surface area contributed by atoms with Crippen LogP contribution in [0, 0.1) is 0 Å². The molecule has 48 heavy (non-hydrogen) atoms. The largest absolute Gasteiger partial charge is 0.468 e. The highest BCUT2D eigenvalue weighted by molar-refractivity contribution is 5.94. The third-order valence-corrected chi connectivity index (χ3v) is 5.40. The van der Waals surface area contributed by atoms with Gasteiger partial charge in [0, 0.05) is 20.0 Å². The number of alkyl carbamates (subject to hydrolysis) is 1. The molecule has 0 bridgehead atoms. The van der Waals surface area contributed by atoms with Crippen molar-refractivity contribution in [1.82, 2.24) is 41.7 Å². The summed E-state index contributed by atoms with van der Waals surface area (Å²) in [5.41, 5.74) is -0.798. The van der Waals surface area contributed by atoms with Gasteiger partial charge in [-0.2, -0.15) is 0 Å². The fourth-order valence-electron chi connectivity index (χ4n) is 3.15. The number of ether oxygens (including phenoxy) is 3. The summed E-state index contributed by atoms with van der Waals surface area (Å²) >= 11 is 0. The van der Waals surface area contributed by atoms with E-state index in [9.17, 15) is 47.9 Å². The van der Waals surface area contributed by atoms with Crippen LogP contribution in [0.25, 0.3) is 0 Å². The van der Waals surface area contributed by atoms with Crippen LogP contribution in [0.4, 0.5) is 4.79 Å². The second-order valence-electron chi connectivity index (χ2n) is 10.7. The minimum absolute atomic E-state index is 0.0553. The van der Waals surface area contributed by atoms with E-state index in [2.05, 4.69) is 41.4 Å². The van der Waals surface area contributed by atoms with Crippen molar-refractivity contribution in [1.29, 1.82) is 0 Å². The van der Waals surface area contributed by atoms with Gasteiger partial charge in [0.1, 0.15) is 38.3 Å². The summed E-state index contributed by atoms with van der Waals surface area (Å²) in [6, 6.07) is 0. The SMILES string of the molecule is COC(=O)CN(CC(=O)NCCNC(C)=O)C(=O)CNC(=O)CNC(=O)CN(CC(=O)OC)C(=O)CNC(=O)CNC(=O)OC(C)(C)C. The van der Waals surface area contributed by atoms with Crippen molar-refractivity contribution < 1.29 is 62.2 Å². The predicted octanol–water partition coefficient (Wildman–Crippen LogP) is -4.88. The first-order valence-corrected chi connectivity index (χ1v) is 14.3. The van der Waals surface area contributed by atoms with Crippen LogP contribution in [0.2, 0.25) is 0 Å². The Morgan fingerprint density at radius 1 is 0.521 bits per heavy atom. The second-order valence-corrected chi connectivity index (χ2v) is 10.7. The monoisotopic (exact) mass is 688 g/mol. The lowest BCUT2D eigenvalue weighted by Gasteiger charge is -2.22. The molecule has 0 heterocycles. The summed E-state index contributed by atoms with van der Waals surface area (Å²) in [6.07, 6.45) is -0.862. The highest BCUT2D eigenvalue weighted by atomic mass is 16.6. The second kappa shape index (κ2) is 22.1. The molecule has 270 valence electrons. The van der Waals surface area contributed by atoms with Crippen LogP contribution in [-0.2, 0) is 57.4 Å². The van der Waals surface area contributed by atoms with E-state index in [0.29, 0.717) is 0 Å². The zero-order chi connectivity index (χ0) is 36.9. The van der Waals surface area contributed by atoms with Crippen molar-refractivity contribution in [2.75, 3.05) is 79.7 Å². The van der Waals surface area contributed by atoms with E-state index in [4.69, 9.17) is 4.74 Å². The lowest BCUT2D eigenvalue weighted by Crippen LogP contribution is -2.50. The molecule has 8 amide bonds. The van der Waals surface area contributed by atoms with Crippen LogP contribution in [-0.4, -0.2) is 154 Å². The van der Waals surface area contributed by atoms with E-state index in [0.717, 1.165) is 24.0 Å². The van der Waals surface area contributed by atoms with Crippen LogP contribution >= 0.6 is 0 Å². The Balaban J connectivity index is 4.95. The minimum atomic E-state index is -0.894. The van der Waals surface area contributed by atoms with Gasteiger partial charge in [-0.1, -0.05) is 0 Å². The van der Waals surface area contributed by atoms with E-state index in [1.54, 1.807) is 20.8 Å². The third-order valence-electron chi connectivity index (χ3n) is 5.40. The number of methoxy groups -OCH3 is 2. The van der Waals surface area contributed by atoms with Gasteiger partial charge in [0.2, 0.25) is 41.4 Å². The molecule has 0 aromatic heterocycles. The van der Waals surface area contributed by atoms with Gasteiger partial charge in [-0.15, -0.1) is 0 Å². The molecule has 0 unspecified atom stereocenters. The molecule has 21 nitrogen and oxygen atoms in total. The summed E-state index contributed by atoms with van der Waals surface area (Å²) in [7, 11) is 2.12. The van der Waals surface area contributed by atoms with Gasteiger partial charge < -0.3 is 55.9 Å². The van der Waals surface area contributed by atoms with E-state index < -0.39 is 111 Å². The highest BCUT2D eigenvalue weighted by Gasteiger charge is 2.24. The highest BCUT2D eigenvalue weighted by Crippen LogP contribution is 2.06. The van der Waals surface area contributed by atoms with Crippen molar-refractivity contribution >= 4 is 59.4 Å². The Morgan fingerprint density at radius 2 is 0.917 bits per heavy atom. The number of carbonyl (C=O) groups is 10. The van der Waals surface area contributed by atoms with Gasteiger partial charge in [-0.3, -0.25) is 43.2 Å². The Labute approximate surface area is 276 Å². The summed E-state index contributed by atoms with van der Waals surface area (Å²) in [5, 5.41) is 13.7. The van der Waals surface area contributed by atoms with Crippen LogP contribution in [0.15, 0.2) is 0 Å². The molecule has 6 N–H and O–H groups in total. The third kappa shape index (κ3) is 21.3. The normalized spacial score (nSPS) is 10.3. The first-order valence-electron chi connectivity index (χ1n) is 14.3. The molecule has 21 heteroatoms. The lowest BCUT2D eigenvalue weighted by molar-refractivity contribution is -0.148. The van der Waals surface area contributed by atoms with Crippen molar-refractivity contribution in [3.8, 4) is 0 Å². The Morgan fingerprint density at radius 3 is 1.33 bits per heavy atom. The van der Waals surface area contributed by atoms with E-state index in [-0.39, 0.29) is 19.0 Å². The van der Waals surface area contributed by atoms with Gasteiger partial charge in [0.05, 0.1) is 33.9 Å². The fraction of sp³-hybridized carbons (Fsp3) is 0.630. The van der Waals surface area contributed by atoms with E-state index >= 15 is 0 Å². The number of rotatable bonds is 19. The molecule has 0 aliphatic rings. The number of nitrogens with zero attached hydrogens (tertiary/aromatic N) is 2. The number of esters is 2. The van der Waals surface area contributed by atoms with Crippen molar-refractivity contribution in [2.24, 2.45) is 0 Å². The van der Waals surface area contributed by atoms with Crippen LogP contribution in [0.3, 0.4) is 0 Å². The molecule has 0 spiro atoms.